The Balaban J connectivity index is 2.35. The Kier molecular flexibility index (Phi) is 2.43. The van der Waals surface area contributed by atoms with Crippen LogP contribution in [0, 0.1) is 0 Å². The fraction of sp³-hybridized carbons (Fsp3) is 0.222. The van der Waals surface area contributed by atoms with Gasteiger partial charge >= 0.3 is 0 Å². The van der Waals surface area contributed by atoms with E-state index in [0.29, 0.717) is 15.9 Å². The van der Waals surface area contributed by atoms with E-state index in [1.54, 1.807) is 24.3 Å². The Morgan fingerprint density at radius 3 is 2.57 bits per heavy atom. The first-order chi connectivity index (χ1) is 6.60. The number of amidine groups is 1. The SMILES string of the molecule is NC1=NC(O)(c2ccc(Cl)cc2)CS1. The number of nitrogens with zero attached hydrogens (tertiary/aromatic N) is 1. The van der Waals surface area contributed by atoms with Gasteiger partial charge in [0.15, 0.2) is 10.9 Å². The van der Waals surface area contributed by atoms with Crippen LogP contribution in [-0.2, 0) is 5.72 Å². The summed E-state index contributed by atoms with van der Waals surface area (Å²) in [5.41, 5.74) is 5.04. The second kappa shape index (κ2) is 3.46. The summed E-state index contributed by atoms with van der Waals surface area (Å²) in [5.74, 6) is 0.459. The quantitative estimate of drug-likeness (QED) is 0.767. The lowest BCUT2D eigenvalue weighted by Crippen LogP contribution is -2.23. The van der Waals surface area contributed by atoms with Crippen LogP contribution in [0.15, 0.2) is 29.3 Å². The molecule has 0 fully saturated rings. The number of hydrogen-bond acceptors (Lipinski definition) is 4. The van der Waals surface area contributed by atoms with Crippen LogP contribution < -0.4 is 5.73 Å². The maximum atomic E-state index is 10.1. The van der Waals surface area contributed by atoms with Gasteiger partial charge in [-0.15, -0.1) is 0 Å². The lowest BCUT2D eigenvalue weighted by Gasteiger charge is -2.18. The molecule has 0 aromatic heterocycles. The third kappa shape index (κ3) is 1.73. The van der Waals surface area contributed by atoms with Crippen molar-refractivity contribution in [2.75, 3.05) is 5.75 Å². The van der Waals surface area contributed by atoms with E-state index in [1.807, 2.05) is 0 Å². The number of halogens is 1. The molecule has 0 aliphatic carbocycles. The van der Waals surface area contributed by atoms with Gasteiger partial charge in [-0.1, -0.05) is 35.5 Å². The van der Waals surface area contributed by atoms with Gasteiger partial charge in [-0.3, -0.25) is 0 Å². The molecule has 2 rings (SSSR count). The lowest BCUT2D eigenvalue weighted by molar-refractivity contribution is 0.0758. The predicted molar refractivity (Wildman–Crippen MR) is 59.4 cm³/mol. The van der Waals surface area contributed by atoms with Crippen LogP contribution in [0.4, 0.5) is 0 Å². The molecular formula is C9H9ClN2OS. The third-order valence-electron chi connectivity index (χ3n) is 2.02. The highest BCUT2D eigenvalue weighted by Crippen LogP contribution is 2.33. The van der Waals surface area contributed by atoms with Gasteiger partial charge in [-0.2, -0.15) is 0 Å². The van der Waals surface area contributed by atoms with E-state index >= 15 is 0 Å². The first-order valence-electron chi connectivity index (χ1n) is 4.07. The van der Waals surface area contributed by atoms with Crippen LogP contribution >= 0.6 is 23.4 Å². The van der Waals surface area contributed by atoms with Crippen molar-refractivity contribution in [2.45, 2.75) is 5.72 Å². The monoisotopic (exact) mass is 228 g/mol. The zero-order valence-corrected chi connectivity index (χ0v) is 8.85. The molecule has 0 spiro atoms. The number of thioether (sulfide) groups is 1. The maximum absolute atomic E-state index is 10.1. The van der Waals surface area contributed by atoms with Crippen molar-refractivity contribution < 1.29 is 5.11 Å². The second-order valence-corrected chi connectivity index (χ2v) is 4.49. The van der Waals surface area contributed by atoms with Gasteiger partial charge < -0.3 is 10.8 Å². The number of benzene rings is 1. The van der Waals surface area contributed by atoms with Crippen molar-refractivity contribution in [3.63, 3.8) is 0 Å². The number of nitrogens with two attached hydrogens (primary N) is 1. The highest BCUT2D eigenvalue weighted by Gasteiger charge is 2.34. The summed E-state index contributed by atoms with van der Waals surface area (Å²) in [6.07, 6.45) is 0. The van der Waals surface area contributed by atoms with E-state index in [9.17, 15) is 5.11 Å². The van der Waals surface area contributed by atoms with Crippen LogP contribution in [0.5, 0.6) is 0 Å². The predicted octanol–water partition coefficient (Wildman–Crippen LogP) is 1.55. The summed E-state index contributed by atoms with van der Waals surface area (Å²) in [6, 6.07) is 6.96. The van der Waals surface area contributed by atoms with Crippen LogP contribution in [0.25, 0.3) is 0 Å². The normalized spacial score (nSPS) is 26.3. The van der Waals surface area contributed by atoms with Crippen LogP contribution in [-0.4, -0.2) is 16.0 Å². The molecule has 1 aliphatic heterocycles. The molecule has 5 heteroatoms. The first-order valence-corrected chi connectivity index (χ1v) is 5.43. The van der Waals surface area contributed by atoms with Crippen molar-refractivity contribution >= 4 is 28.5 Å². The lowest BCUT2D eigenvalue weighted by atomic mass is 10.1. The van der Waals surface area contributed by atoms with Gasteiger partial charge in [0, 0.05) is 10.6 Å². The standard InChI is InChI=1S/C9H9ClN2OS/c10-7-3-1-6(2-4-7)9(13)5-14-8(11)12-9/h1-4,13H,5H2,(H2,11,12). The number of aliphatic imine (C=N–C) groups is 1. The third-order valence-corrected chi connectivity index (χ3v) is 3.21. The van der Waals surface area contributed by atoms with Crippen molar-refractivity contribution in [1.82, 2.24) is 0 Å². The summed E-state index contributed by atoms with van der Waals surface area (Å²) in [4.78, 5) is 3.99. The minimum absolute atomic E-state index is 0.419. The van der Waals surface area contributed by atoms with Crippen molar-refractivity contribution in [3.05, 3.63) is 34.9 Å². The van der Waals surface area contributed by atoms with Gasteiger partial charge in [-0.25, -0.2) is 4.99 Å². The van der Waals surface area contributed by atoms with E-state index in [0.717, 1.165) is 5.56 Å². The van der Waals surface area contributed by atoms with Crippen LogP contribution in [0.1, 0.15) is 5.56 Å². The molecule has 74 valence electrons. The Labute approximate surface area is 91.0 Å². The molecular weight excluding hydrogens is 220 g/mol. The van der Waals surface area contributed by atoms with Crippen LogP contribution in [0.2, 0.25) is 5.02 Å². The summed E-state index contributed by atoms with van der Waals surface area (Å²) in [5, 5.41) is 11.2. The van der Waals surface area contributed by atoms with E-state index in [-0.39, 0.29) is 0 Å². The highest BCUT2D eigenvalue weighted by atomic mass is 35.5. The largest absolute Gasteiger partial charge is 0.378 e. The molecule has 1 aromatic rings. The summed E-state index contributed by atoms with van der Waals surface area (Å²) in [7, 11) is 0. The van der Waals surface area contributed by atoms with E-state index in [2.05, 4.69) is 4.99 Å². The number of hydrogen-bond donors (Lipinski definition) is 2. The first kappa shape index (κ1) is 9.83. The van der Waals surface area contributed by atoms with Gasteiger partial charge in [0.05, 0.1) is 5.75 Å². The maximum Gasteiger partial charge on any atom is 0.194 e. The number of aliphatic hydroxyl groups is 1. The Hall–Kier alpha value is -0.710. The molecule has 1 heterocycles. The molecule has 0 saturated carbocycles. The molecule has 1 aromatic carbocycles. The van der Waals surface area contributed by atoms with Crippen molar-refractivity contribution in [1.29, 1.82) is 0 Å². The van der Waals surface area contributed by atoms with Crippen molar-refractivity contribution in [3.8, 4) is 0 Å². The fourth-order valence-electron chi connectivity index (χ4n) is 1.29. The zero-order chi connectivity index (χ0) is 10.2. The molecule has 1 atom stereocenters. The van der Waals surface area contributed by atoms with E-state index in [1.165, 1.54) is 11.8 Å². The van der Waals surface area contributed by atoms with Crippen molar-refractivity contribution in [2.24, 2.45) is 10.7 Å². The smallest absolute Gasteiger partial charge is 0.194 e. The average molecular weight is 229 g/mol. The van der Waals surface area contributed by atoms with E-state index in [4.69, 9.17) is 17.3 Å². The Morgan fingerprint density at radius 2 is 2.07 bits per heavy atom. The minimum atomic E-state index is -1.18. The van der Waals surface area contributed by atoms with Crippen LogP contribution in [0.3, 0.4) is 0 Å². The highest BCUT2D eigenvalue weighted by molar-refractivity contribution is 8.14. The van der Waals surface area contributed by atoms with Gasteiger partial charge in [-0.05, 0) is 12.1 Å². The minimum Gasteiger partial charge on any atom is -0.378 e. The molecule has 3 nitrogen and oxygen atoms in total. The fourth-order valence-corrected chi connectivity index (χ4v) is 2.21. The van der Waals surface area contributed by atoms with Gasteiger partial charge in [0.25, 0.3) is 0 Å². The average Bonchev–Trinajstić information content (AvgIpc) is 2.48. The molecule has 0 saturated heterocycles. The molecule has 1 unspecified atom stereocenters. The topological polar surface area (TPSA) is 58.6 Å². The molecule has 3 N–H and O–H groups in total. The summed E-state index contributed by atoms with van der Waals surface area (Å²) < 4.78 is 0. The Morgan fingerprint density at radius 1 is 1.43 bits per heavy atom. The second-order valence-electron chi connectivity index (χ2n) is 3.06. The molecule has 0 radical (unpaired) electrons. The van der Waals surface area contributed by atoms with Gasteiger partial charge in [0.2, 0.25) is 0 Å². The zero-order valence-electron chi connectivity index (χ0n) is 7.27. The number of rotatable bonds is 1. The Bertz CT molecular complexity index is 379. The molecule has 1 aliphatic rings. The summed E-state index contributed by atoms with van der Waals surface area (Å²) >= 11 is 7.09. The summed E-state index contributed by atoms with van der Waals surface area (Å²) in [6.45, 7) is 0. The van der Waals surface area contributed by atoms with E-state index < -0.39 is 5.72 Å². The molecule has 0 amide bonds. The molecule has 14 heavy (non-hydrogen) atoms. The molecule has 0 bridgehead atoms. The van der Waals surface area contributed by atoms with Gasteiger partial charge in [0.1, 0.15) is 0 Å².